The minimum atomic E-state index is 1.01. The molecule has 0 heteroatoms. The van der Waals surface area contributed by atoms with Crippen molar-refractivity contribution >= 4 is 10.8 Å². The van der Waals surface area contributed by atoms with E-state index in [-0.39, 0.29) is 0 Å². The van der Waals surface area contributed by atoms with Crippen LogP contribution in [0.4, 0.5) is 0 Å². The van der Waals surface area contributed by atoms with Crippen LogP contribution < -0.4 is 0 Å². The maximum atomic E-state index is 2.31. The predicted octanol–water partition coefficient (Wildman–Crippen LogP) is 5.61. The molecule has 0 bridgehead atoms. The lowest BCUT2D eigenvalue weighted by Gasteiger charge is -2.12. The summed E-state index contributed by atoms with van der Waals surface area (Å²) in [4.78, 5) is 0. The van der Waals surface area contributed by atoms with Gasteiger partial charge in [0.05, 0.1) is 0 Å². The normalized spacial score (nSPS) is 11.0. The summed E-state index contributed by atoms with van der Waals surface area (Å²) >= 11 is 0. The van der Waals surface area contributed by atoms with Crippen LogP contribution in [0.1, 0.15) is 34.7 Å². The highest BCUT2D eigenvalue weighted by molar-refractivity contribution is 5.89. The first-order chi connectivity index (χ1) is 10.2. The Labute approximate surface area is 127 Å². The fraction of sp³-hybridized carbons (Fsp3) is 0.238. The molecular formula is C21H22. The van der Waals surface area contributed by atoms with E-state index in [4.69, 9.17) is 0 Å². The van der Waals surface area contributed by atoms with E-state index in [2.05, 4.69) is 75.4 Å². The fourth-order valence-corrected chi connectivity index (χ4v) is 3.33. The maximum Gasteiger partial charge on any atom is -0.00193 e. The van der Waals surface area contributed by atoms with Gasteiger partial charge in [0.15, 0.2) is 0 Å². The molecule has 0 saturated heterocycles. The van der Waals surface area contributed by atoms with Crippen molar-refractivity contribution in [3.63, 3.8) is 0 Å². The Hall–Kier alpha value is -2.08. The summed E-state index contributed by atoms with van der Waals surface area (Å²) in [5.41, 5.74) is 7.00. The highest BCUT2D eigenvalue weighted by Gasteiger charge is 2.06. The molecule has 0 aliphatic carbocycles. The molecule has 0 nitrogen and oxygen atoms in total. The van der Waals surface area contributed by atoms with E-state index >= 15 is 0 Å². The number of hydrogen-bond donors (Lipinski definition) is 0. The molecule has 0 fully saturated rings. The lowest BCUT2D eigenvalue weighted by molar-refractivity contribution is 1.14. The standard InChI is InChI=1S/C21H22/c1-4-18-7-5-8-19-9-6-10-20(21(18)19)14-17-12-15(2)11-16(3)13-17/h5-13H,4,14H2,1-3H3. The molecule has 0 radical (unpaired) electrons. The van der Waals surface area contributed by atoms with Gasteiger partial charge in [0.1, 0.15) is 0 Å². The van der Waals surface area contributed by atoms with Gasteiger partial charge in [-0.25, -0.2) is 0 Å². The lowest BCUT2D eigenvalue weighted by atomic mass is 9.93. The molecule has 0 aromatic heterocycles. The van der Waals surface area contributed by atoms with Gasteiger partial charge in [-0.05, 0) is 54.2 Å². The zero-order chi connectivity index (χ0) is 14.8. The van der Waals surface area contributed by atoms with E-state index in [1.165, 1.54) is 38.6 Å². The van der Waals surface area contributed by atoms with Crippen molar-refractivity contribution < 1.29 is 0 Å². The molecule has 3 aromatic rings. The first-order valence-electron chi connectivity index (χ1n) is 7.74. The van der Waals surface area contributed by atoms with Crippen molar-refractivity contribution in [3.8, 4) is 0 Å². The third-order valence-corrected chi connectivity index (χ3v) is 4.13. The van der Waals surface area contributed by atoms with Crippen molar-refractivity contribution in [1.82, 2.24) is 0 Å². The van der Waals surface area contributed by atoms with Crippen molar-refractivity contribution in [3.05, 3.63) is 82.4 Å². The number of rotatable bonds is 3. The molecule has 0 atom stereocenters. The molecule has 0 aliphatic heterocycles. The Bertz CT molecular complexity index is 756. The third kappa shape index (κ3) is 2.85. The second-order valence-corrected chi connectivity index (χ2v) is 5.96. The number of aryl methyl sites for hydroxylation is 3. The molecule has 3 rings (SSSR count). The van der Waals surface area contributed by atoms with Gasteiger partial charge in [-0.3, -0.25) is 0 Å². The number of benzene rings is 3. The van der Waals surface area contributed by atoms with Gasteiger partial charge in [0.25, 0.3) is 0 Å². The fourth-order valence-electron chi connectivity index (χ4n) is 3.33. The van der Waals surface area contributed by atoms with Gasteiger partial charge in [-0.15, -0.1) is 0 Å². The Kier molecular flexibility index (Phi) is 3.79. The van der Waals surface area contributed by atoms with E-state index < -0.39 is 0 Å². The van der Waals surface area contributed by atoms with Gasteiger partial charge < -0.3 is 0 Å². The van der Waals surface area contributed by atoms with E-state index in [0.717, 1.165) is 12.8 Å². The van der Waals surface area contributed by atoms with Crippen LogP contribution in [0.5, 0.6) is 0 Å². The average Bonchev–Trinajstić information content (AvgIpc) is 2.45. The van der Waals surface area contributed by atoms with Gasteiger partial charge in [0.2, 0.25) is 0 Å². The van der Waals surface area contributed by atoms with E-state index in [0.29, 0.717) is 0 Å². The molecule has 3 aromatic carbocycles. The topological polar surface area (TPSA) is 0 Å². The zero-order valence-electron chi connectivity index (χ0n) is 13.1. The minimum absolute atomic E-state index is 1.01. The van der Waals surface area contributed by atoms with E-state index in [1.54, 1.807) is 0 Å². The summed E-state index contributed by atoms with van der Waals surface area (Å²) in [6.07, 6.45) is 2.10. The van der Waals surface area contributed by atoms with E-state index in [1.807, 2.05) is 0 Å². The average molecular weight is 274 g/mol. The third-order valence-electron chi connectivity index (χ3n) is 4.13. The summed E-state index contributed by atoms with van der Waals surface area (Å²) in [7, 11) is 0. The van der Waals surface area contributed by atoms with Crippen LogP contribution in [0, 0.1) is 13.8 Å². The second kappa shape index (κ2) is 5.73. The quantitative estimate of drug-likeness (QED) is 0.582. The minimum Gasteiger partial charge on any atom is -0.0614 e. The summed E-state index contributed by atoms with van der Waals surface area (Å²) in [6.45, 7) is 6.59. The number of fused-ring (bicyclic) bond motifs is 1. The van der Waals surface area contributed by atoms with Crippen molar-refractivity contribution in [2.24, 2.45) is 0 Å². The molecule has 0 N–H and O–H groups in total. The Morgan fingerprint density at radius 3 is 2.00 bits per heavy atom. The Morgan fingerprint density at radius 2 is 1.38 bits per heavy atom. The first-order valence-corrected chi connectivity index (χ1v) is 7.74. The molecule has 0 unspecified atom stereocenters. The van der Waals surface area contributed by atoms with Crippen LogP contribution >= 0.6 is 0 Å². The Morgan fingerprint density at radius 1 is 0.762 bits per heavy atom. The van der Waals surface area contributed by atoms with Gasteiger partial charge >= 0.3 is 0 Å². The van der Waals surface area contributed by atoms with Crippen molar-refractivity contribution in [2.45, 2.75) is 33.6 Å². The lowest BCUT2D eigenvalue weighted by Crippen LogP contribution is -1.94. The van der Waals surface area contributed by atoms with Crippen LogP contribution in [0.2, 0.25) is 0 Å². The summed E-state index contributed by atoms with van der Waals surface area (Å²) < 4.78 is 0. The van der Waals surface area contributed by atoms with Crippen LogP contribution in [-0.2, 0) is 12.8 Å². The molecule has 0 saturated carbocycles. The molecule has 0 amide bonds. The van der Waals surface area contributed by atoms with Gasteiger partial charge in [-0.2, -0.15) is 0 Å². The Balaban J connectivity index is 2.12. The highest BCUT2D eigenvalue weighted by Crippen LogP contribution is 2.26. The van der Waals surface area contributed by atoms with Crippen LogP contribution in [0.25, 0.3) is 10.8 Å². The summed E-state index contributed by atoms with van der Waals surface area (Å²) in [5, 5.41) is 2.80. The van der Waals surface area contributed by atoms with Crippen LogP contribution in [0.3, 0.4) is 0 Å². The molecule has 0 aliphatic rings. The monoisotopic (exact) mass is 274 g/mol. The highest BCUT2D eigenvalue weighted by atomic mass is 14.1. The van der Waals surface area contributed by atoms with Crippen molar-refractivity contribution in [2.75, 3.05) is 0 Å². The second-order valence-electron chi connectivity index (χ2n) is 5.96. The smallest absolute Gasteiger partial charge is 0.00193 e. The SMILES string of the molecule is CCc1cccc2cccc(Cc3cc(C)cc(C)c3)c12. The molecule has 106 valence electrons. The van der Waals surface area contributed by atoms with E-state index in [9.17, 15) is 0 Å². The molecular weight excluding hydrogens is 252 g/mol. The first kappa shape index (κ1) is 13.9. The molecule has 0 spiro atoms. The summed E-state index contributed by atoms with van der Waals surface area (Å²) in [5.74, 6) is 0. The van der Waals surface area contributed by atoms with Gasteiger partial charge in [-0.1, -0.05) is 72.6 Å². The van der Waals surface area contributed by atoms with Crippen LogP contribution in [-0.4, -0.2) is 0 Å². The number of hydrogen-bond acceptors (Lipinski definition) is 0. The van der Waals surface area contributed by atoms with Crippen LogP contribution in [0.15, 0.2) is 54.6 Å². The largest absolute Gasteiger partial charge is 0.0614 e. The maximum absolute atomic E-state index is 2.31. The molecule has 0 heterocycles. The van der Waals surface area contributed by atoms with Crippen molar-refractivity contribution in [1.29, 1.82) is 0 Å². The zero-order valence-corrected chi connectivity index (χ0v) is 13.1. The summed E-state index contributed by atoms with van der Waals surface area (Å²) in [6, 6.07) is 20.2. The van der Waals surface area contributed by atoms with Gasteiger partial charge in [0, 0.05) is 0 Å². The predicted molar refractivity (Wildman–Crippen MR) is 92.0 cm³/mol. The molecule has 21 heavy (non-hydrogen) atoms.